The Morgan fingerprint density at radius 3 is 2.29 bits per heavy atom. The van der Waals surface area contributed by atoms with E-state index in [1.807, 2.05) is 37.2 Å². The van der Waals surface area contributed by atoms with E-state index in [2.05, 4.69) is 16.0 Å². The van der Waals surface area contributed by atoms with Gasteiger partial charge in [-0.2, -0.15) is 0 Å². The number of nitrogens with one attached hydrogen (secondary N) is 3. The lowest BCUT2D eigenvalue weighted by Crippen LogP contribution is -2.46. The van der Waals surface area contributed by atoms with Crippen LogP contribution in [0.25, 0.3) is 10.9 Å². The number of anilines is 1. The number of amides is 2. The third kappa shape index (κ3) is 11.2. The molecule has 0 spiro atoms. The van der Waals surface area contributed by atoms with Crippen LogP contribution in [0.3, 0.4) is 0 Å². The van der Waals surface area contributed by atoms with Gasteiger partial charge in [0, 0.05) is 68.7 Å². The molecule has 1 atom stereocenters. The van der Waals surface area contributed by atoms with Crippen molar-refractivity contribution in [3.63, 3.8) is 0 Å². The Hall–Kier alpha value is -3.55. The number of benzene rings is 1. The van der Waals surface area contributed by atoms with Gasteiger partial charge in [-0.15, -0.1) is 0 Å². The van der Waals surface area contributed by atoms with Gasteiger partial charge in [-0.05, 0) is 30.4 Å². The van der Waals surface area contributed by atoms with Gasteiger partial charge < -0.3 is 59.9 Å². The molecule has 9 N–H and O–H groups in total. The minimum absolute atomic E-state index is 0.0380. The highest BCUT2D eigenvalue weighted by molar-refractivity contribution is 7.72. The van der Waals surface area contributed by atoms with E-state index in [1.54, 1.807) is 12.3 Å². The number of imidazole rings is 1. The zero-order valence-electron chi connectivity index (χ0n) is 33.0. The summed E-state index contributed by atoms with van der Waals surface area (Å²) in [5.41, 5.74) is -0.754. The summed E-state index contributed by atoms with van der Waals surface area (Å²) in [6, 6.07) is 3.09. The molecule has 3 aromatic rings. The molecule has 2 aromatic heterocycles. The monoisotopic (exact) mass is 858 g/mol. The van der Waals surface area contributed by atoms with Gasteiger partial charge in [0.05, 0.1) is 24.4 Å². The van der Waals surface area contributed by atoms with E-state index in [9.17, 15) is 53.3 Å². The van der Waals surface area contributed by atoms with Crippen LogP contribution >= 0.6 is 15.2 Å². The molecule has 1 aliphatic heterocycles. The summed E-state index contributed by atoms with van der Waals surface area (Å²) in [4.78, 5) is 79.2. The summed E-state index contributed by atoms with van der Waals surface area (Å²) in [6.45, 7) is 9.33. The Labute approximate surface area is 334 Å². The lowest BCUT2D eigenvalue weighted by atomic mass is 9.89. The Morgan fingerprint density at radius 1 is 1.03 bits per heavy atom. The number of nitrogens with zero attached hydrogens (tertiary/aromatic N) is 4. The minimum atomic E-state index is -5.66. The van der Waals surface area contributed by atoms with E-state index < -0.39 is 60.9 Å². The number of piperazine rings is 1. The molecular weight excluding hydrogens is 803 g/mol. The molecule has 1 aliphatic carbocycles. The predicted molar refractivity (Wildman–Crippen MR) is 210 cm³/mol. The van der Waals surface area contributed by atoms with Gasteiger partial charge >= 0.3 is 20.3 Å². The van der Waals surface area contributed by atoms with Gasteiger partial charge in [0.15, 0.2) is 0 Å². The highest BCUT2D eigenvalue weighted by atomic mass is 31.2. The third-order valence-electron chi connectivity index (χ3n) is 10.1. The normalized spacial score (nSPS) is 16.4. The molecule has 2 fully saturated rings. The number of carbonyl (C=O) groups excluding carboxylic acids is 2. The number of fused-ring (bicyclic) bond motifs is 1. The summed E-state index contributed by atoms with van der Waals surface area (Å²) >= 11 is 0. The average Bonchev–Trinajstić information content (AvgIpc) is 3.88. The second-order valence-electron chi connectivity index (χ2n) is 16.9. The van der Waals surface area contributed by atoms with Crippen LogP contribution in [0.1, 0.15) is 63.4 Å². The quantitative estimate of drug-likeness (QED) is 0.0582. The average molecular weight is 859 g/mol. The largest absolute Gasteiger partial charge is 0.387 e. The molecule has 2 aliphatic rings. The number of carbonyl (C=O) groups is 2. The molecule has 5 rings (SSSR count). The molecule has 58 heavy (non-hydrogen) atoms. The molecule has 0 radical (unpaired) electrons. The maximum Gasteiger partial charge on any atom is 0.373 e. The summed E-state index contributed by atoms with van der Waals surface area (Å²) in [5, 5.41) is 25.9. The zero-order chi connectivity index (χ0) is 42.8. The van der Waals surface area contributed by atoms with Crippen LogP contribution in [0.5, 0.6) is 0 Å². The van der Waals surface area contributed by atoms with Crippen molar-refractivity contribution < 1.29 is 62.2 Å². The number of hydrogen-bond acceptors (Lipinski definition) is 10. The fourth-order valence-electron chi connectivity index (χ4n) is 6.72. The summed E-state index contributed by atoms with van der Waals surface area (Å²) < 4.78 is 48.9. The van der Waals surface area contributed by atoms with Crippen molar-refractivity contribution in [3.05, 3.63) is 58.7 Å². The first kappa shape index (κ1) is 45.5. The maximum atomic E-state index is 15.4. The van der Waals surface area contributed by atoms with E-state index in [1.165, 1.54) is 29.4 Å². The van der Waals surface area contributed by atoms with Crippen LogP contribution in [0, 0.1) is 16.6 Å². The number of hydrogen-bond donors (Lipinski definition) is 9. The lowest BCUT2D eigenvalue weighted by molar-refractivity contribution is -0.703. The van der Waals surface area contributed by atoms with E-state index >= 15 is 4.39 Å². The highest BCUT2D eigenvalue weighted by Gasteiger charge is 2.61. The van der Waals surface area contributed by atoms with Crippen molar-refractivity contribution >= 4 is 43.6 Å². The van der Waals surface area contributed by atoms with E-state index in [0.717, 1.165) is 30.5 Å². The Kier molecular flexibility index (Phi) is 13.8. The number of rotatable bonds is 19. The van der Waals surface area contributed by atoms with Crippen molar-refractivity contribution in [2.75, 3.05) is 57.4 Å². The second kappa shape index (κ2) is 17.6. The minimum Gasteiger partial charge on any atom is -0.387 e. The maximum absolute atomic E-state index is 15.4. The molecule has 0 bridgehead atoms. The van der Waals surface area contributed by atoms with Crippen molar-refractivity contribution in [1.82, 2.24) is 25.1 Å². The summed E-state index contributed by atoms with van der Waals surface area (Å²) in [7, 11) is -11.3. The van der Waals surface area contributed by atoms with Gasteiger partial charge in [0.25, 0.3) is 5.91 Å². The Morgan fingerprint density at radius 2 is 1.67 bits per heavy atom. The van der Waals surface area contributed by atoms with Crippen LogP contribution in [-0.4, -0.2) is 114 Å². The molecule has 1 saturated heterocycles. The van der Waals surface area contributed by atoms with E-state index in [0.29, 0.717) is 24.3 Å². The molecule has 1 unspecified atom stereocenters. The molecule has 2 amide bonds. The highest BCUT2D eigenvalue weighted by Crippen LogP contribution is 2.67. The Balaban J connectivity index is 1.08. The number of aliphatic hydroxyl groups is 2. The number of aliphatic hydroxyl groups excluding tert-OH is 1. The number of pyridine rings is 1. The SMILES string of the molecule is CC(C)(CNC(=O)c1cn(C2CC2)c2cc(N3CCNCC3)c(F)cc2c1=O)COCC(C)(C)CC(=O)NCC(O)Cn1cc[n+](CC(O)(P(=O)(O)O)P(=O)(O)O)c1. The fourth-order valence-corrected chi connectivity index (χ4v) is 8.77. The molecular formula is C36H55FN7O12P2+. The van der Waals surface area contributed by atoms with Crippen molar-refractivity contribution in [3.8, 4) is 0 Å². The van der Waals surface area contributed by atoms with Gasteiger partial charge in [-0.25, -0.2) is 13.5 Å². The predicted octanol–water partition coefficient (Wildman–Crippen LogP) is 0.342. The lowest BCUT2D eigenvalue weighted by Gasteiger charge is -2.30. The first-order valence-corrected chi connectivity index (χ1v) is 22.2. The number of ether oxygens (including phenoxy) is 1. The van der Waals surface area contributed by atoms with Crippen LogP contribution in [0.15, 0.2) is 41.8 Å². The van der Waals surface area contributed by atoms with E-state index in [4.69, 9.17) is 4.74 Å². The summed E-state index contributed by atoms with van der Waals surface area (Å²) in [6.07, 6.45) is 6.01. The van der Waals surface area contributed by atoms with Crippen molar-refractivity contribution in [2.24, 2.45) is 10.8 Å². The third-order valence-corrected chi connectivity index (χ3v) is 13.8. The number of aromatic nitrogens is 3. The Bertz CT molecular complexity index is 2120. The van der Waals surface area contributed by atoms with Crippen LogP contribution in [0.2, 0.25) is 0 Å². The first-order valence-electron chi connectivity index (χ1n) is 18.9. The standard InChI is InChI=1S/C36H54FN7O12P2/c1-34(2,15-31(46)39-16-25(45)17-41-11-12-42(23-41)20-36(49,57(50,51)52)58(53,54)55)21-56-22-35(3,4)19-40-33(48)27-18-44(24-5-6-24)29-14-30(43-9-7-38-8-10-43)28(37)13-26(29)32(27)47/h11-14,18,23-25,38,45,49H,5-10,15-17,19-22H2,1-4H3,(H5-,39,40,46,48,50,51,52,53,54,55)/p+1. The van der Waals surface area contributed by atoms with Crippen molar-refractivity contribution in [1.29, 1.82) is 0 Å². The van der Waals surface area contributed by atoms with Gasteiger partial charge in [0.1, 0.15) is 43.0 Å². The van der Waals surface area contributed by atoms with Gasteiger partial charge in [0.2, 0.25) is 17.7 Å². The second-order valence-corrected chi connectivity index (χ2v) is 20.9. The summed E-state index contributed by atoms with van der Waals surface area (Å²) in [5.74, 6) is -1.44. The van der Waals surface area contributed by atoms with Gasteiger partial charge in [-0.1, -0.05) is 27.7 Å². The smallest absolute Gasteiger partial charge is 0.373 e. The first-order chi connectivity index (χ1) is 26.9. The molecule has 322 valence electrons. The molecule has 1 aromatic carbocycles. The topological polar surface area (TPSA) is 269 Å². The number of halogens is 1. The molecule has 19 nitrogen and oxygen atoms in total. The fraction of sp³-hybridized carbons (Fsp3) is 0.611. The molecule has 22 heteroatoms. The molecule has 1 saturated carbocycles. The van der Waals surface area contributed by atoms with Crippen LogP contribution < -0.4 is 30.8 Å². The van der Waals surface area contributed by atoms with Crippen molar-refractivity contribution in [2.45, 2.75) is 77.3 Å². The van der Waals surface area contributed by atoms with Gasteiger partial charge in [-0.3, -0.25) is 23.5 Å². The molecule has 3 heterocycles. The zero-order valence-corrected chi connectivity index (χ0v) is 34.8. The van der Waals surface area contributed by atoms with Crippen LogP contribution in [-0.2, 0) is 31.8 Å². The van der Waals surface area contributed by atoms with E-state index in [-0.39, 0.29) is 62.2 Å². The van der Waals surface area contributed by atoms with Crippen LogP contribution in [0.4, 0.5) is 10.1 Å².